The fraction of sp³-hybridized carbons (Fsp3) is 0.263. The fourth-order valence-corrected chi connectivity index (χ4v) is 2.56. The van der Waals surface area contributed by atoms with Crippen molar-refractivity contribution in [3.8, 4) is 17.1 Å². The van der Waals surface area contributed by atoms with Gasteiger partial charge in [0.15, 0.2) is 0 Å². The van der Waals surface area contributed by atoms with Gasteiger partial charge in [-0.15, -0.1) is 0 Å². The average molecular weight is 359 g/mol. The second-order valence-corrected chi connectivity index (χ2v) is 6.08. The molecule has 5 nitrogen and oxygen atoms in total. The molecule has 0 atom stereocenters. The standard InChI is InChI=1S/C19H19F2N3O2/c1-13-6-8-15(9-7-13)18-22-17(26-23-18)12-24(2)11-14-4-3-5-16(10-14)25-19(20)21/h3-10,19H,11-12H2,1-2H3. The molecule has 0 bridgehead atoms. The molecule has 1 heterocycles. The predicted octanol–water partition coefficient (Wildman–Crippen LogP) is 4.28. The molecule has 136 valence electrons. The van der Waals surface area contributed by atoms with E-state index < -0.39 is 6.61 Å². The van der Waals surface area contributed by atoms with E-state index in [9.17, 15) is 8.78 Å². The van der Waals surface area contributed by atoms with E-state index in [0.29, 0.717) is 24.8 Å². The molecule has 7 heteroatoms. The minimum atomic E-state index is -2.83. The van der Waals surface area contributed by atoms with Crippen molar-refractivity contribution in [2.45, 2.75) is 26.6 Å². The molecule has 2 aromatic carbocycles. The topological polar surface area (TPSA) is 51.4 Å². The lowest BCUT2D eigenvalue weighted by atomic mass is 10.1. The Balaban J connectivity index is 1.62. The van der Waals surface area contributed by atoms with Crippen LogP contribution in [0.25, 0.3) is 11.4 Å². The first-order chi connectivity index (χ1) is 12.5. The van der Waals surface area contributed by atoms with E-state index in [4.69, 9.17) is 4.52 Å². The number of hydrogen-bond donors (Lipinski definition) is 0. The number of benzene rings is 2. The third kappa shape index (κ3) is 4.86. The van der Waals surface area contributed by atoms with Crippen molar-refractivity contribution in [1.29, 1.82) is 0 Å². The second-order valence-electron chi connectivity index (χ2n) is 6.08. The van der Waals surface area contributed by atoms with Crippen molar-refractivity contribution in [3.63, 3.8) is 0 Å². The number of hydrogen-bond acceptors (Lipinski definition) is 5. The number of nitrogens with zero attached hydrogens (tertiary/aromatic N) is 3. The SMILES string of the molecule is Cc1ccc(-c2noc(CN(C)Cc3cccc(OC(F)F)c3)n2)cc1. The van der Waals surface area contributed by atoms with Gasteiger partial charge in [0.25, 0.3) is 0 Å². The molecule has 0 aliphatic carbocycles. The minimum absolute atomic E-state index is 0.144. The highest BCUT2D eigenvalue weighted by atomic mass is 19.3. The average Bonchev–Trinajstić information content (AvgIpc) is 3.03. The first-order valence-corrected chi connectivity index (χ1v) is 8.11. The largest absolute Gasteiger partial charge is 0.435 e. The molecule has 0 N–H and O–H groups in total. The van der Waals surface area contributed by atoms with Gasteiger partial charge >= 0.3 is 6.61 Å². The summed E-state index contributed by atoms with van der Waals surface area (Å²) in [4.78, 5) is 6.36. The van der Waals surface area contributed by atoms with Gasteiger partial charge in [-0.3, -0.25) is 4.90 Å². The van der Waals surface area contributed by atoms with Crippen molar-refractivity contribution in [3.05, 3.63) is 65.5 Å². The predicted molar refractivity (Wildman–Crippen MR) is 92.7 cm³/mol. The zero-order valence-corrected chi connectivity index (χ0v) is 14.5. The summed E-state index contributed by atoms with van der Waals surface area (Å²) in [6, 6.07) is 14.5. The summed E-state index contributed by atoms with van der Waals surface area (Å²) in [5, 5.41) is 4.01. The maximum atomic E-state index is 12.3. The Bertz CT molecular complexity index is 850. The number of rotatable bonds is 7. The lowest BCUT2D eigenvalue weighted by molar-refractivity contribution is -0.0499. The van der Waals surface area contributed by atoms with Crippen LogP contribution >= 0.6 is 0 Å². The number of aryl methyl sites for hydroxylation is 1. The lowest BCUT2D eigenvalue weighted by Crippen LogP contribution is -2.17. The summed E-state index contributed by atoms with van der Waals surface area (Å²) in [5.41, 5.74) is 2.91. The van der Waals surface area contributed by atoms with Crippen LogP contribution in [0.4, 0.5) is 8.78 Å². The zero-order chi connectivity index (χ0) is 18.5. The van der Waals surface area contributed by atoms with Crippen molar-refractivity contribution < 1.29 is 18.0 Å². The molecule has 1 aromatic heterocycles. The summed E-state index contributed by atoms with van der Waals surface area (Å²) >= 11 is 0. The Morgan fingerprint density at radius 3 is 2.62 bits per heavy atom. The number of aromatic nitrogens is 2. The van der Waals surface area contributed by atoms with Crippen LogP contribution in [0.1, 0.15) is 17.0 Å². The molecular weight excluding hydrogens is 340 g/mol. The summed E-state index contributed by atoms with van der Waals surface area (Å²) in [6.45, 7) is 0.157. The summed E-state index contributed by atoms with van der Waals surface area (Å²) in [6.07, 6.45) is 0. The highest BCUT2D eigenvalue weighted by molar-refractivity contribution is 5.54. The molecule has 3 aromatic rings. The molecule has 3 rings (SSSR count). The normalized spacial score (nSPS) is 11.3. The van der Waals surface area contributed by atoms with E-state index in [1.54, 1.807) is 12.1 Å². The van der Waals surface area contributed by atoms with Crippen LogP contribution in [-0.2, 0) is 13.1 Å². The third-order valence-electron chi connectivity index (χ3n) is 3.76. The maximum Gasteiger partial charge on any atom is 0.387 e. The first-order valence-electron chi connectivity index (χ1n) is 8.11. The van der Waals surface area contributed by atoms with Gasteiger partial charge in [0.1, 0.15) is 5.75 Å². The lowest BCUT2D eigenvalue weighted by Gasteiger charge is -2.15. The Morgan fingerprint density at radius 1 is 1.12 bits per heavy atom. The van der Waals surface area contributed by atoms with E-state index in [1.807, 2.05) is 49.2 Å². The summed E-state index contributed by atoms with van der Waals surface area (Å²) in [7, 11) is 1.89. The summed E-state index contributed by atoms with van der Waals surface area (Å²) in [5.74, 6) is 1.18. The second kappa shape index (κ2) is 8.05. The highest BCUT2D eigenvalue weighted by Gasteiger charge is 2.12. The Labute approximate surface area is 150 Å². The molecule has 0 aliphatic heterocycles. The molecular formula is C19H19F2N3O2. The number of halogens is 2. The van der Waals surface area contributed by atoms with Gasteiger partial charge in [-0.25, -0.2) is 0 Å². The van der Waals surface area contributed by atoms with Gasteiger partial charge < -0.3 is 9.26 Å². The van der Waals surface area contributed by atoms with E-state index >= 15 is 0 Å². The molecule has 0 fully saturated rings. The molecule has 0 aliphatic rings. The fourth-order valence-electron chi connectivity index (χ4n) is 2.56. The smallest absolute Gasteiger partial charge is 0.387 e. The van der Waals surface area contributed by atoms with Crippen molar-refractivity contribution in [2.24, 2.45) is 0 Å². The van der Waals surface area contributed by atoms with Crippen LogP contribution in [0.5, 0.6) is 5.75 Å². The molecule has 0 radical (unpaired) electrons. The van der Waals surface area contributed by atoms with Gasteiger partial charge in [-0.05, 0) is 31.7 Å². The first kappa shape index (κ1) is 18.0. The number of ether oxygens (including phenoxy) is 1. The third-order valence-corrected chi connectivity index (χ3v) is 3.76. The van der Waals surface area contributed by atoms with Gasteiger partial charge in [0, 0.05) is 12.1 Å². The van der Waals surface area contributed by atoms with Crippen molar-refractivity contribution >= 4 is 0 Å². The van der Waals surface area contributed by atoms with Crippen molar-refractivity contribution in [2.75, 3.05) is 7.05 Å². The Hall–Kier alpha value is -2.80. The quantitative estimate of drug-likeness (QED) is 0.630. The van der Waals surface area contributed by atoms with Crippen LogP contribution in [0.15, 0.2) is 53.1 Å². The minimum Gasteiger partial charge on any atom is -0.435 e. The van der Waals surface area contributed by atoms with Crippen LogP contribution in [0.3, 0.4) is 0 Å². The highest BCUT2D eigenvalue weighted by Crippen LogP contribution is 2.19. The molecule has 26 heavy (non-hydrogen) atoms. The van der Waals surface area contributed by atoms with Crippen molar-refractivity contribution in [1.82, 2.24) is 15.0 Å². The Morgan fingerprint density at radius 2 is 1.88 bits per heavy atom. The van der Waals surface area contributed by atoms with Gasteiger partial charge in [0.05, 0.1) is 6.54 Å². The van der Waals surface area contributed by atoms with Crippen LogP contribution in [0.2, 0.25) is 0 Å². The molecule has 0 amide bonds. The van der Waals surface area contributed by atoms with Crippen LogP contribution < -0.4 is 4.74 Å². The van der Waals surface area contributed by atoms with Crippen LogP contribution in [-0.4, -0.2) is 28.7 Å². The molecule has 0 unspecified atom stereocenters. The van der Waals surface area contributed by atoms with E-state index in [-0.39, 0.29) is 5.75 Å². The summed E-state index contributed by atoms with van der Waals surface area (Å²) < 4.78 is 34.3. The van der Waals surface area contributed by atoms with Gasteiger partial charge in [-0.2, -0.15) is 13.8 Å². The molecule has 0 spiro atoms. The Kier molecular flexibility index (Phi) is 5.58. The van der Waals surface area contributed by atoms with Gasteiger partial charge in [0.2, 0.25) is 11.7 Å². The molecule has 0 saturated carbocycles. The van der Waals surface area contributed by atoms with E-state index in [1.165, 1.54) is 6.07 Å². The maximum absolute atomic E-state index is 12.3. The molecule has 0 saturated heterocycles. The van der Waals surface area contributed by atoms with Gasteiger partial charge in [-0.1, -0.05) is 47.1 Å². The monoisotopic (exact) mass is 359 g/mol. The van der Waals surface area contributed by atoms with Crippen LogP contribution in [0, 0.1) is 6.92 Å². The zero-order valence-electron chi connectivity index (χ0n) is 14.5. The van der Waals surface area contributed by atoms with E-state index in [2.05, 4.69) is 14.9 Å². The van der Waals surface area contributed by atoms with E-state index in [0.717, 1.165) is 16.7 Å². The number of alkyl halides is 2.